The van der Waals surface area contributed by atoms with Crippen LogP contribution >= 0.6 is 11.8 Å². The molecule has 1 amide bonds. The lowest BCUT2D eigenvalue weighted by Crippen LogP contribution is -2.41. The van der Waals surface area contributed by atoms with Gasteiger partial charge in [0.05, 0.1) is 24.4 Å². The van der Waals surface area contributed by atoms with Gasteiger partial charge in [-0.3, -0.25) is 4.79 Å². The highest BCUT2D eigenvalue weighted by atomic mass is 32.2. The van der Waals surface area contributed by atoms with Crippen LogP contribution in [0.15, 0.2) is 84.0 Å². The van der Waals surface area contributed by atoms with E-state index in [1.807, 2.05) is 30.3 Å². The maximum Gasteiger partial charge on any atom is 0.337 e. The third-order valence-electron chi connectivity index (χ3n) is 5.55. The molecule has 0 fully saturated rings. The summed E-state index contributed by atoms with van der Waals surface area (Å²) in [6.45, 7) is 0. The highest BCUT2D eigenvalue weighted by Gasteiger charge is 2.38. The number of aromatic nitrogens is 3. The maximum atomic E-state index is 14.2. The zero-order chi connectivity index (χ0) is 24.4. The molecule has 2 heterocycles. The fourth-order valence-corrected chi connectivity index (χ4v) is 4.87. The smallest absolute Gasteiger partial charge is 0.337 e. The number of benzene rings is 3. The standard InChI is InChI=1S/C25H20FN5O3S/c1-34-24(33)17-13-11-15(12-14-17)20-21(23(32)27-19-10-6-5-9-18(19)26)35-25-29-28-22(31(25)30-20)16-7-3-2-4-8-16/h2-14,20-21,30H,1H3,(H,27,32)/t20-,21+/m1/s1. The van der Waals surface area contributed by atoms with Crippen molar-refractivity contribution in [2.75, 3.05) is 17.9 Å². The molecule has 0 unspecified atom stereocenters. The van der Waals surface area contributed by atoms with Crippen LogP contribution in [-0.4, -0.2) is 39.1 Å². The van der Waals surface area contributed by atoms with E-state index in [9.17, 15) is 14.0 Å². The Morgan fingerprint density at radius 3 is 2.43 bits per heavy atom. The lowest BCUT2D eigenvalue weighted by Gasteiger charge is -2.33. The Labute approximate surface area is 204 Å². The molecule has 0 bridgehead atoms. The van der Waals surface area contributed by atoms with E-state index in [0.717, 1.165) is 11.1 Å². The van der Waals surface area contributed by atoms with Crippen molar-refractivity contribution >= 4 is 29.3 Å². The van der Waals surface area contributed by atoms with E-state index in [4.69, 9.17) is 4.74 Å². The van der Waals surface area contributed by atoms with Crippen LogP contribution in [0.2, 0.25) is 0 Å². The van der Waals surface area contributed by atoms with Crippen LogP contribution in [0.4, 0.5) is 10.1 Å². The first-order valence-corrected chi connectivity index (χ1v) is 11.6. The molecule has 5 rings (SSSR count). The van der Waals surface area contributed by atoms with Gasteiger partial charge in [0.25, 0.3) is 0 Å². The lowest BCUT2D eigenvalue weighted by molar-refractivity contribution is -0.116. The summed E-state index contributed by atoms with van der Waals surface area (Å²) in [7, 11) is 1.32. The second kappa shape index (κ2) is 9.59. The molecule has 1 aromatic heterocycles. The number of nitrogens with zero attached hydrogens (tertiary/aromatic N) is 3. The van der Waals surface area contributed by atoms with Gasteiger partial charge in [0.2, 0.25) is 11.1 Å². The largest absolute Gasteiger partial charge is 0.465 e. The Balaban J connectivity index is 1.52. The molecule has 0 radical (unpaired) electrons. The molecule has 176 valence electrons. The topological polar surface area (TPSA) is 98.1 Å². The molecule has 4 aromatic rings. The van der Waals surface area contributed by atoms with Crippen molar-refractivity contribution in [1.29, 1.82) is 0 Å². The molecule has 0 saturated heterocycles. The Morgan fingerprint density at radius 2 is 1.71 bits per heavy atom. The van der Waals surface area contributed by atoms with Gasteiger partial charge >= 0.3 is 5.97 Å². The number of methoxy groups -OCH3 is 1. The van der Waals surface area contributed by atoms with E-state index in [1.54, 1.807) is 41.1 Å². The minimum Gasteiger partial charge on any atom is -0.465 e. The van der Waals surface area contributed by atoms with Crippen molar-refractivity contribution < 1.29 is 18.7 Å². The van der Waals surface area contributed by atoms with Crippen LogP contribution in [0.3, 0.4) is 0 Å². The molecule has 1 aliphatic rings. The van der Waals surface area contributed by atoms with E-state index >= 15 is 0 Å². The Kier molecular flexibility index (Phi) is 6.19. The van der Waals surface area contributed by atoms with Crippen LogP contribution in [0, 0.1) is 5.82 Å². The number of nitrogens with one attached hydrogen (secondary N) is 2. The van der Waals surface area contributed by atoms with Crippen molar-refractivity contribution in [2.45, 2.75) is 16.4 Å². The molecular formula is C25H20FN5O3S. The van der Waals surface area contributed by atoms with E-state index in [-0.39, 0.29) is 5.69 Å². The number of amides is 1. The third-order valence-corrected chi connectivity index (χ3v) is 6.76. The Hall–Kier alpha value is -4.18. The van der Waals surface area contributed by atoms with Gasteiger partial charge in [0, 0.05) is 5.56 Å². The second-order valence-corrected chi connectivity index (χ2v) is 8.84. The van der Waals surface area contributed by atoms with Gasteiger partial charge in [-0.1, -0.05) is 66.4 Å². The molecule has 0 saturated carbocycles. The van der Waals surface area contributed by atoms with Crippen LogP contribution in [-0.2, 0) is 9.53 Å². The van der Waals surface area contributed by atoms with Crippen molar-refractivity contribution in [3.05, 3.63) is 95.8 Å². The maximum absolute atomic E-state index is 14.2. The summed E-state index contributed by atoms with van der Waals surface area (Å²) in [6, 6.07) is 21.8. The van der Waals surface area contributed by atoms with Gasteiger partial charge in [-0.05, 0) is 29.8 Å². The van der Waals surface area contributed by atoms with Crippen molar-refractivity contribution in [1.82, 2.24) is 14.9 Å². The predicted octanol–water partition coefficient (Wildman–Crippen LogP) is 4.27. The van der Waals surface area contributed by atoms with Gasteiger partial charge in [-0.15, -0.1) is 10.2 Å². The van der Waals surface area contributed by atoms with Gasteiger partial charge < -0.3 is 15.5 Å². The van der Waals surface area contributed by atoms with Crippen LogP contribution in [0.5, 0.6) is 0 Å². The molecule has 1 aliphatic heterocycles. The van der Waals surface area contributed by atoms with Gasteiger partial charge in [0.15, 0.2) is 5.82 Å². The van der Waals surface area contributed by atoms with Gasteiger partial charge in [-0.2, -0.15) is 0 Å². The van der Waals surface area contributed by atoms with E-state index < -0.39 is 29.0 Å². The van der Waals surface area contributed by atoms with Crippen LogP contribution < -0.4 is 10.7 Å². The highest BCUT2D eigenvalue weighted by Crippen LogP contribution is 2.39. The number of halogens is 1. The summed E-state index contributed by atoms with van der Waals surface area (Å²) in [4.78, 5) is 25.2. The third kappa shape index (κ3) is 4.47. The number of carbonyl (C=O) groups is 2. The van der Waals surface area contributed by atoms with Crippen LogP contribution in [0.25, 0.3) is 11.4 Å². The van der Waals surface area contributed by atoms with Crippen molar-refractivity contribution in [3.8, 4) is 11.4 Å². The summed E-state index contributed by atoms with van der Waals surface area (Å²) in [6.07, 6.45) is 0. The summed E-state index contributed by atoms with van der Waals surface area (Å²) in [5, 5.41) is 11.1. The predicted molar refractivity (Wildman–Crippen MR) is 130 cm³/mol. The van der Waals surface area contributed by atoms with E-state index in [2.05, 4.69) is 20.9 Å². The monoisotopic (exact) mass is 489 g/mol. The lowest BCUT2D eigenvalue weighted by atomic mass is 10.0. The van der Waals surface area contributed by atoms with E-state index in [0.29, 0.717) is 16.5 Å². The van der Waals surface area contributed by atoms with Gasteiger partial charge in [-0.25, -0.2) is 13.9 Å². The summed E-state index contributed by atoms with van der Waals surface area (Å²) in [5.41, 5.74) is 5.44. The fourth-order valence-electron chi connectivity index (χ4n) is 3.79. The first-order valence-electron chi connectivity index (χ1n) is 10.7. The molecule has 3 aromatic carbocycles. The molecule has 0 spiro atoms. The number of hydrogen-bond acceptors (Lipinski definition) is 7. The van der Waals surface area contributed by atoms with Gasteiger partial charge in [0.1, 0.15) is 11.1 Å². The zero-order valence-electron chi connectivity index (χ0n) is 18.5. The summed E-state index contributed by atoms with van der Waals surface area (Å²) < 4.78 is 20.7. The van der Waals surface area contributed by atoms with Crippen LogP contribution in [0.1, 0.15) is 22.0 Å². The number of anilines is 1. The molecule has 2 N–H and O–H groups in total. The summed E-state index contributed by atoms with van der Waals surface area (Å²) in [5.74, 6) is -0.783. The minimum atomic E-state index is -0.709. The number of esters is 1. The normalized spacial score (nSPS) is 16.6. The average molecular weight is 490 g/mol. The van der Waals surface area contributed by atoms with Crippen molar-refractivity contribution in [3.63, 3.8) is 0 Å². The molecule has 35 heavy (non-hydrogen) atoms. The first-order chi connectivity index (χ1) is 17.0. The number of ether oxygens (including phenoxy) is 1. The molecule has 8 nitrogen and oxygen atoms in total. The number of para-hydroxylation sites is 1. The molecule has 0 aliphatic carbocycles. The number of thioether (sulfide) groups is 1. The second-order valence-electron chi connectivity index (χ2n) is 7.74. The average Bonchev–Trinajstić information content (AvgIpc) is 3.32. The van der Waals surface area contributed by atoms with Crippen molar-refractivity contribution in [2.24, 2.45) is 0 Å². The molecule has 10 heteroatoms. The summed E-state index contributed by atoms with van der Waals surface area (Å²) >= 11 is 1.22. The zero-order valence-corrected chi connectivity index (χ0v) is 19.3. The first kappa shape index (κ1) is 22.6. The number of hydrogen-bond donors (Lipinski definition) is 2. The SMILES string of the molecule is COC(=O)c1ccc([C@H]2Nn3c(nnc3-c3ccccc3)S[C@@H]2C(=O)Nc2ccccc2F)cc1. The quantitative estimate of drug-likeness (QED) is 0.404. The van der Waals surface area contributed by atoms with E-state index in [1.165, 1.54) is 31.0 Å². The Morgan fingerprint density at radius 1 is 1.00 bits per heavy atom. The molecule has 2 atom stereocenters. The number of fused-ring (bicyclic) bond motifs is 1. The minimum absolute atomic E-state index is 0.0925. The Bertz CT molecular complexity index is 1380. The highest BCUT2D eigenvalue weighted by molar-refractivity contribution is 8.00. The number of rotatable bonds is 5. The molecular weight excluding hydrogens is 469 g/mol. The number of carbonyl (C=O) groups excluding carboxylic acids is 2. The fraction of sp³-hybridized carbons (Fsp3) is 0.120.